The third-order valence-electron chi connectivity index (χ3n) is 4.33. The van der Waals surface area contributed by atoms with Gasteiger partial charge in [-0.1, -0.05) is 29.8 Å². The van der Waals surface area contributed by atoms with Crippen molar-refractivity contribution in [1.29, 1.82) is 0 Å². The predicted octanol–water partition coefficient (Wildman–Crippen LogP) is 3.65. The highest BCUT2D eigenvalue weighted by molar-refractivity contribution is 6.31. The normalized spacial score (nSPS) is 16.8. The van der Waals surface area contributed by atoms with Crippen LogP contribution in [0, 0.1) is 12.8 Å². The predicted molar refractivity (Wildman–Crippen MR) is 98.3 cm³/mol. The SMILES string of the molecule is COc1ccccc1NC(=O)[C@@H]1CC(=O)N(c2ccc(C)c(Cl)c2)C1. The Bertz CT molecular complexity index is 822. The number of nitrogens with one attached hydrogen (secondary N) is 1. The standard InChI is InChI=1S/C19H19ClN2O3/c1-12-7-8-14(10-15(12)20)22-11-13(9-18(22)23)19(24)21-16-5-3-4-6-17(16)25-2/h3-8,10,13H,9,11H2,1-2H3,(H,21,24)/t13-/m1/s1. The number of methoxy groups -OCH3 is 1. The molecule has 2 aromatic rings. The van der Waals surface area contributed by atoms with Crippen LogP contribution in [-0.4, -0.2) is 25.5 Å². The van der Waals surface area contributed by atoms with E-state index in [0.717, 1.165) is 5.56 Å². The highest BCUT2D eigenvalue weighted by atomic mass is 35.5. The first-order chi connectivity index (χ1) is 12.0. The Balaban J connectivity index is 1.73. The first-order valence-electron chi connectivity index (χ1n) is 8.00. The van der Waals surface area contributed by atoms with Crippen LogP contribution < -0.4 is 15.0 Å². The summed E-state index contributed by atoms with van der Waals surface area (Å²) in [6, 6.07) is 12.7. The fourth-order valence-electron chi connectivity index (χ4n) is 2.87. The van der Waals surface area contributed by atoms with E-state index in [4.69, 9.17) is 16.3 Å². The van der Waals surface area contributed by atoms with Crippen LogP contribution in [0.1, 0.15) is 12.0 Å². The summed E-state index contributed by atoms with van der Waals surface area (Å²) in [5.41, 5.74) is 2.26. The number of hydrogen-bond donors (Lipinski definition) is 1. The average molecular weight is 359 g/mol. The topological polar surface area (TPSA) is 58.6 Å². The number of benzene rings is 2. The molecule has 0 saturated carbocycles. The molecule has 25 heavy (non-hydrogen) atoms. The molecule has 0 aromatic heterocycles. The summed E-state index contributed by atoms with van der Waals surface area (Å²) < 4.78 is 5.24. The molecule has 6 heteroatoms. The Morgan fingerprint density at radius 2 is 2.04 bits per heavy atom. The summed E-state index contributed by atoms with van der Waals surface area (Å²) in [5.74, 6) is -0.113. The van der Waals surface area contributed by atoms with Crippen molar-refractivity contribution in [2.45, 2.75) is 13.3 Å². The number of carbonyl (C=O) groups excluding carboxylic acids is 2. The van der Waals surface area contributed by atoms with Crippen molar-refractivity contribution in [3.8, 4) is 5.75 Å². The van der Waals surface area contributed by atoms with Crippen molar-refractivity contribution in [2.75, 3.05) is 23.9 Å². The van der Waals surface area contributed by atoms with Crippen LogP contribution in [0.15, 0.2) is 42.5 Å². The van der Waals surface area contributed by atoms with E-state index in [0.29, 0.717) is 28.7 Å². The van der Waals surface area contributed by atoms with Crippen molar-refractivity contribution in [2.24, 2.45) is 5.92 Å². The summed E-state index contributed by atoms with van der Waals surface area (Å²) in [4.78, 5) is 26.5. The van der Waals surface area contributed by atoms with E-state index in [9.17, 15) is 9.59 Å². The smallest absolute Gasteiger partial charge is 0.229 e. The van der Waals surface area contributed by atoms with Crippen LogP contribution in [0.5, 0.6) is 5.75 Å². The second kappa shape index (κ2) is 7.15. The van der Waals surface area contributed by atoms with Gasteiger partial charge in [-0.2, -0.15) is 0 Å². The Kier molecular flexibility index (Phi) is 4.95. The number of nitrogens with zero attached hydrogens (tertiary/aromatic N) is 1. The first-order valence-corrected chi connectivity index (χ1v) is 8.38. The second-order valence-corrected chi connectivity index (χ2v) is 6.44. The van der Waals surface area contributed by atoms with E-state index in [-0.39, 0.29) is 18.2 Å². The summed E-state index contributed by atoms with van der Waals surface area (Å²) in [5, 5.41) is 3.45. The molecule has 1 atom stereocenters. The summed E-state index contributed by atoms with van der Waals surface area (Å²) in [6.07, 6.45) is 0.173. The maximum Gasteiger partial charge on any atom is 0.229 e. The number of ether oxygens (including phenoxy) is 1. The number of aryl methyl sites for hydroxylation is 1. The van der Waals surface area contributed by atoms with Crippen LogP contribution in [0.3, 0.4) is 0 Å². The van der Waals surface area contributed by atoms with Gasteiger partial charge in [-0.15, -0.1) is 0 Å². The summed E-state index contributed by atoms with van der Waals surface area (Å²) >= 11 is 6.15. The minimum absolute atomic E-state index is 0.0832. The van der Waals surface area contributed by atoms with Gasteiger partial charge < -0.3 is 15.0 Å². The average Bonchev–Trinajstić information content (AvgIpc) is 3.00. The third kappa shape index (κ3) is 3.61. The largest absolute Gasteiger partial charge is 0.495 e. The Labute approximate surface area is 151 Å². The molecule has 1 aliphatic rings. The maximum atomic E-state index is 12.6. The maximum absolute atomic E-state index is 12.6. The van der Waals surface area contributed by atoms with E-state index >= 15 is 0 Å². The second-order valence-electron chi connectivity index (χ2n) is 6.03. The van der Waals surface area contributed by atoms with Crippen molar-refractivity contribution < 1.29 is 14.3 Å². The Morgan fingerprint density at radius 3 is 2.76 bits per heavy atom. The van der Waals surface area contributed by atoms with Crippen molar-refractivity contribution in [3.63, 3.8) is 0 Å². The van der Waals surface area contributed by atoms with E-state index in [1.807, 2.05) is 31.2 Å². The van der Waals surface area contributed by atoms with Gasteiger partial charge in [0.1, 0.15) is 5.75 Å². The van der Waals surface area contributed by atoms with Crippen molar-refractivity contribution in [3.05, 3.63) is 53.1 Å². The molecular weight excluding hydrogens is 340 g/mol. The number of para-hydroxylation sites is 2. The van der Waals surface area contributed by atoms with Gasteiger partial charge in [-0.05, 0) is 36.8 Å². The van der Waals surface area contributed by atoms with Gasteiger partial charge in [0.15, 0.2) is 0 Å². The number of anilines is 2. The Morgan fingerprint density at radius 1 is 1.28 bits per heavy atom. The molecule has 1 aliphatic heterocycles. The van der Waals surface area contributed by atoms with Gasteiger partial charge in [0, 0.05) is 23.7 Å². The molecule has 2 amide bonds. The molecule has 2 aromatic carbocycles. The molecule has 0 bridgehead atoms. The summed E-state index contributed by atoms with van der Waals surface area (Å²) in [6.45, 7) is 2.24. The number of amides is 2. The van der Waals surface area contributed by atoms with Gasteiger partial charge in [-0.25, -0.2) is 0 Å². The fourth-order valence-corrected chi connectivity index (χ4v) is 3.04. The lowest BCUT2D eigenvalue weighted by atomic mass is 10.1. The molecule has 1 N–H and O–H groups in total. The van der Waals surface area contributed by atoms with E-state index in [1.165, 1.54) is 0 Å². The van der Waals surface area contributed by atoms with Crippen molar-refractivity contribution >= 4 is 34.8 Å². The zero-order valence-corrected chi connectivity index (χ0v) is 14.8. The molecule has 1 heterocycles. The van der Waals surface area contributed by atoms with Crippen LogP contribution in [0.2, 0.25) is 5.02 Å². The highest BCUT2D eigenvalue weighted by Gasteiger charge is 2.35. The molecule has 3 rings (SSSR count). The molecule has 1 saturated heterocycles. The van der Waals surface area contributed by atoms with Crippen LogP contribution in [-0.2, 0) is 9.59 Å². The lowest BCUT2D eigenvalue weighted by molar-refractivity contribution is -0.122. The van der Waals surface area contributed by atoms with Gasteiger partial charge in [-0.3, -0.25) is 9.59 Å². The minimum atomic E-state index is -0.419. The molecule has 5 nitrogen and oxygen atoms in total. The van der Waals surface area contributed by atoms with Gasteiger partial charge in [0.05, 0.1) is 18.7 Å². The molecule has 130 valence electrons. The lowest BCUT2D eigenvalue weighted by Crippen LogP contribution is -2.28. The number of carbonyl (C=O) groups is 2. The van der Waals surface area contributed by atoms with Crippen LogP contribution >= 0.6 is 11.6 Å². The highest BCUT2D eigenvalue weighted by Crippen LogP contribution is 2.30. The Hall–Kier alpha value is -2.53. The van der Waals surface area contributed by atoms with Crippen LogP contribution in [0.25, 0.3) is 0 Å². The third-order valence-corrected chi connectivity index (χ3v) is 4.73. The molecule has 0 spiro atoms. The van der Waals surface area contributed by atoms with E-state index < -0.39 is 5.92 Å². The van der Waals surface area contributed by atoms with E-state index in [1.54, 1.807) is 30.2 Å². The van der Waals surface area contributed by atoms with E-state index in [2.05, 4.69) is 5.32 Å². The first kappa shape index (κ1) is 17.3. The minimum Gasteiger partial charge on any atom is -0.495 e. The number of rotatable bonds is 4. The molecule has 0 radical (unpaired) electrons. The fraction of sp³-hybridized carbons (Fsp3) is 0.263. The van der Waals surface area contributed by atoms with Gasteiger partial charge in [0.2, 0.25) is 11.8 Å². The van der Waals surface area contributed by atoms with Crippen molar-refractivity contribution in [1.82, 2.24) is 0 Å². The molecular formula is C19H19ClN2O3. The summed E-state index contributed by atoms with van der Waals surface area (Å²) in [7, 11) is 1.55. The number of hydrogen-bond acceptors (Lipinski definition) is 3. The van der Waals surface area contributed by atoms with Gasteiger partial charge >= 0.3 is 0 Å². The number of halogens is 1. The zero-order chi connectivity index (χ0) is 18.0. The molecule has 0 aliphatic carbocycles. The lowest BCUT2D eigenvalue weighted by Gasteiger charge is -2.18. The zero-order valence-electron chi connectivity index (χ0n) is 14.1. The van der Waals surface area contributed by atoms with Crippen LogP contribution in [0.4, 0.5) is 11.4 Å². The molecule has 0 unspecified atom stereocenters. The van der Waals surface area contributed by atoms with Gasteiger partial charge in [0.25, 0.3) is 0 Å². The molecule has 1 fully saturated rings. The quantitative estimate of drug-likeness (QED) is 0.907. The monoisotopic (exact) mass is 358 g/mol.